The molecule has 0 saturated heterocycles. The third kappa shape index (κ3) is 7.95. The van der Waals surface area contributed by atoms with Crippen LogP contribution >= 0.6 is 11.8 Å². The minimum Gasteiger partial charge on any atom is -0.385 e. The van der Waals surface area contributed by atoms with Gasteiger partial charge in [0, 0.05) is 24.7 Å². The Balaban J connectivity index is 0.000000311. The molecule has 2 nitrogen and oxygen atoms in total. The number of benzene rings is 1. The van der Waals surface area contributed by atoms with Crippen LogP contribution in [-0.4, -0.2) is 18.5 Å². The quantitative estimate of drug-likeness (QED) is 0.462. The molecule has 0 aliphatic carbocycles. The number of rotatable bonds is 6. The average Bonchev–Trinajstić information content (AvgIpc) is 3.05. The van der Waals surface area contributed by atoms with E-state index in [0.29, 0.717) is 5.92 Å². The van der Waals surface area contributed by atoms with Gasteiger partial charge in [0.25, 0.3) is 0 Å². The lowest BCUT2D eigenvalue weighted by Crippen LogP contribution is -2.14. The maximum absolute atomic E-state index is 3.34. The van der Waals surface area contributed by atoms with Crippen molar-refractivity contribution in [3.8, 4) is 0 Å². The van der Waals surface area contributed by atoms with Gasteiger partial charge < -0.3 is 10.2 Å². The topological polar surface area (TPSA) is 15.3 Å². The van der Waals surface area contributed by atoms with Crippen molar-refractivity contribution >= 4 is 23.5 Å². The summed E-state index contributed by atoms with van der Waals surface area (Å²) in [6, 6.07) is 6.46. The SMILES string of the molecule is C/C=C1\SC=C(/C(=C/C=C(C)C)C(C)C)N1C.C/C=C\c1cc(C)ccc1NCC. The molecule has 1 N–H and O–H groups in total. The van der Waals surface area contributed by atoms with Crippen LogP contribution in [0.5, 0.6) is 0 Å². The van der Waals surface area contributed by atoms with Crippen molar-refractivity contribution in [1.29, 1.82) is 0 Å². The summed E-state index contributed by atoms with van der Waals surface area (Å²) < 4.78 is 0. The van der Waals surface area contributed by atoms with Crippen LogP contribution in [0.1, 0.15) is 59.6 Å². The second-order valence-corrected chi connectivity index (χ2v) is 8.84. The van der Waals surface area contributed by atoms with Crippen molar-refractivity contribution < 1.29 is 0 Å². The molecule has 30 heavy (non-hydrogen) atoms. The van der Waals surface area contributed by atoms with Gasteiger partial charge in [-0.15, -0.1) is 0 Å². The molecule has 1 heterocycles. The van der Waals surface area contributed by atoms with Crippen molar-refractivity contribution in [1.82, 2.24) is 4.90 Å². The fourth-order valence-electron chi connectivity index (χ4n) is 3.10. The van der Waals surface area contributed by atoms with Crippen LogP contribution in [-0.2, 0) is 0 Å². The fraction of sp³-hybridized carbons (Fsp3) is 0.407. The molecule has 0 radical (unpaired) electrons. The van der Waals surface area contributed by atoms with Gasteiger partial charge in [-0.05, 0) is 70.7 Å². The van der Waals surface area contributed by atoms with Crippen molar-refractivity contribution in [3.63, 3.8) is 0 Å². The zero-order valence-electron chi connectivity index (χ0n) is 20.3. The van der Waals surface area contributed by atoms with E-state index in [2.05, 4.69) is 120 Å². The molecule has 0 fully saturated rings. The van der Waals surface area contributed by atoms with Gasteiger partial charge in [-0.3, -0.25) is 0 Å². The highest BCUT2D eigenvalue weighted by atomic mass is 32.2. The first kappa shape index (κ1) is 25.9. The Labute approximate surface area is 189 Å². The van der Waals surface area contributed by atoms with Gasteiger partial charge in [-0.2, -0.15) is 0 Å². The minimum atomic E-state index is 0.538. The molecule has 1 aliphatic rings. The monoisotopic (exact) mass is 424 g/mol. The van der Waals surface area contributed by atoms with E-state index >= 15 is 0 Å². The van der Waals surface area contributed by atoms with Gasteiger partial charge in [-0.1, -0.05) is 73.2 Å². The largest absolute Gasteiger partial charge is 0.385 e. The van der Waals surface area contributed by atoms with Gasteiger partial charge in [0.2, 0.25) is 0 Å². The Morgan fingerprint density at radius 1 is 1.17 bits per heavy atom. The fourth-order valence-corrected chi connectivity index (χ4v) is 4.02. The van der Waals surface area contributed by atoms with Crippen molar-refractivity contribution in [2.45, 2.75) is 55.4 Å². The summed E-state index contributed by atoms with van der Waals surface area (Å²) in [6.07, 6.45) is 10.8. The van der Waals surface area contributed by atoms with Gasteiger partial charge in [-0.25, -0.2) is 0 Å². The maximum Gasteiger partial charge on any atom is 0.0749 e. The summed E-state index contributed by atoms with van der Waals surface area (Å²) in [6.45, 7) is 18.1. The summed E-state index contributed by atoms with van der Waals surface area (Å²) in [5.41, 5.74) is 7.85. The Morgan fingerprint density at radius 3 is 2.37 bits per heavy atom. The van der Waals surface area contributed by atoms with Crippen LogP contribution in [0.3, 0.4) is 0 Å². The van der Waals surface area contributed by atoms with Crippen LogP contribution in [0.2, 0.25) is 0 Å². The van der Waals surface area contributed by atoms with Gasteiger partial charge in [0.05, 0.1) is 10.7 Å². The number of hydrogen-bond donors (Lipinski definition) is 1. The molecule has 0 bridgehead atoms. The molecule has 0 aromatic heterocycles. The van der Waals surface area contributed by atoms with Crippen molar-refractivity contribution in [3.05, 3.63) is 80.9 Å². The Hall–Kier alpha value is -2.13. The van der Waals surface area contributed by atoms with E-state index in [1.807, 2.05) is 6.92 Å². The van der Waals surface area contributed by atoms with E-state index in [1.54, 1.807) is 11.8 Å². The number of anilines is 1. The van der Waals surface area contributed by atoms with Crippen molar-refractivity contribution in [2.75, 3.05) is 18.9 Å². The number of nitrogens with one attached hydrogen (secondary N) is 1. The molecule has 1 aromatic rings. The third-order valence-corrected chi connectivity index (χ3v) is 5.76. The Morgan fingerprint density at radius 2 is 1.87 bits per heavy atom. The highest BCUT2D eigenvalue weighted by Gasteiger charge is 2.21. The lowest BCUT2D eigenvalue weighted by atomic mass is 9.99. The first-order chi connectivity index (χ1) is 14.2. The predicted octanol–water partition coefficient (Wildman–Crippen LogP) is 8.38. The number of nitrogens with zero attached hydrogens (tertiary/aromatic N) is 1. The number of thioether (sulfide) groups is 1. The predicted molar refractivity (Wildman–Crippen MR) is 140 cm³/mol. The van der Waals surface area contributed by atoms with E-state index in [-0.39, 0.29) is 0 Å². The molecule has 2 rings (SSSR count). The summed E-state index contributed by atoms with van der Waals surface area (Å²) in [4.78, 5) is 2.27. The zero-order chi connectivity index (χ0) is 22.7. The van der Waals surface area contributed by atoms with E-state index in [9.17, 15) is 0 Å². The summed E-state index contributed by atoms with van der Waals surface area (Å²) in [7, 11) is 2.14. The summed E-state index contributed by atoms with van der Waals surface area (Å²) >= 11 is 1.80. The molecule has 0 spiro atoms. The summed E-state index contributed by atoms with van der Waals surface area (Å²) in [5.74, 6) is 0.538. The molecule has 0 atom stereocenters. The molecular weight excluding hydrogens is 384 g/mol. The van der Waals surface area contributed by atoms with Crippen LogP contribution in [0.4, 0.5) is 5.69 Å². The first-order valence-electron chi connectivity index (χ1n) is 10.8. The second-order valence-electron chi connectivity index (χ2n) is 7.95. The van der Waals surface area contributed by atoms with Crippen LogP contribution in [0.15, 0.2) is 69.8 Å². The van der Waals surface area contributed by atoms with E-state index < -0.39 is 0 Å². The Kier molecular flexibility index (Phi) is 11.4. The zero-order valence-corrected chi connectivity index (χ0v) is 21.2. The normalized spacial score (nSPS) is 15.4. The molecule has 164 valence electrons. The molecule has 0 unspecified atom stereocenters. The molecular formula is C27H40N2S. The second kappa shape index (κ2) is 13.2. The number of aryl methyl sites for hydroxylation is 1. The molecule has 3 heteroatoms. The smallest absolute Gasteiger partial charge is 0.0749 e. The first-order valence-corrected chi connectivity index (χ1v) is 11.7. The van der Waals surface area contributed by atoms with Gasteiger partial charge in [0.15, 0.2) is 0 Å². The lowest BCUT2D eigenvalue weighted by molar-refractivity contribution is 0.552. The van der Waals surface area contributed by atoms with Gasteiger partial charge >= 0.3 is 0 Å². The summed E-state index contributed by atoms with van der Waals surface area (Å²) in [5, 5.41) is 6.90. The minimum absolute atomic E-state index is 0.538. The van der Waals surface area contributed by atoms with E-state index in [0.717, 1.165) is 6.54 Å². The number of allylic oxidation sites excluding steroid dienone is 6. The van der Waals surface area contributed by atoms with Gasteiger partial charge in [0.1, 0.15) is 0 Å². The molecule has 0 saturated carbocycles. The molecule has 0 amide bonds. The maximum atomic E-state index is 3.34. The molecule has 1 aromatic carbocycles. The average molecular weight is 425 g/mol. The van der Waals surface area contributed by atoms with Crippen LogP contribution < -0.4 is 5.32 Å². The highest BCUT2D eigenvalue weighted by molar-refractivity contribution is 8.06. The van der Waals surface area contributed by atoms with Crippen molar-refractivity contribution in [2.24, 2.45) is 5.92 Å². The Bertz CT molecular complexity index is 834. The number of hydrogen-bond acceptors (Lipinski definition) is 3. The molecule has 1 aliphatic heterocycles. The van der Waals surface area contributed by atoms with Crippen LogP contribution in [0.25, 0.3) is 6.08 Å². The van der Waals surface area contributed by atoms with Crippen LogP contribution in [0, 0.1) is 12.8 Å². The number of likely N-dealkylation sites (N-methyl/N-ethyl adjacent to an activating group) is 1. The lowest BCUT2D eigenvalue weighted by Gasteiger charge is -2.22. The third-order valence-electron chi connectivity index (χ3n) is 4.66. The highest BCUT2D eigenvalue weighted by Crippen LogP contribution is 2.38. The standard InChI is InChI=1S/C15H23NS.C12H17N/c1-7-15-16(6)14(10-17-15)13(12(4)5)9-8-11(2)3;1-4-6-11-9-10(3)7-8-12(11)13-5-2/h7-10,12H,1-6H3;4,6-9,13H,5H2,1-3H3/b13-9+,15-7-;6-4-. The van der Waals surface area contributed by atoms with E-state index in [1.165, 1.54) is 38.7 Å². The van der Waals surface area contributed by atoms with E-state index in [4.69, 9.17) is 0 Å².